The molecular formula is C12H13ClO2S. The monoisotopic (exact) mass is 256 g/mol. The second-order valence-electron chi connectivity index (χ2n) is 4.78. The Hall–Kier alpha value is -0.540. The summed E-state index contributed by atoms with van der Waals surface area (Å²) in [5.41, 5.74) is 1.08. The van der Waals surface area contributed by atoms with Gasteiger partial charge in [-0.3, -0.25) is 0 Å². The minimum atomic E-state index is -3.05. The number of rotatable bonds is 1. The molecular weight excluding hydrogens is 244 g/mol. The molecule has 0 N–H and O–H groups in total. The van der Waals surface area contributed by atoms with Crippen LogP contribution in [0.5, 0.6) is 0 Å². The molecule has 16 heavy (non-hydrogen) atoms. The van der Waals surface area contributed by atoms with Crippen LogP contribution in [-0.2, 0) is 15.3 Å². The van der Waals surface area contributed by atoms with E-state index in [1.165, 1.54) is 0 Å². The molecule has 0 aromatic heterocycles. The summed E-state index contributed by atoms with van der Waals surface area (Å²) in [6.45, 7) is 0. The highest BCUT2D eigenvalue weighted by Gasteiger charge is 2.58. The van der Waals surface area contributed by atoms with Gasteiger partial charge in [0.1, 0.15) is 0 Å². The van der Waals surface area contributed by atoms with Gasteiger partial charge in [-0.15, -0.1) is 11.6 Å². The molecule has 2 nitrogen and oxygen atoms in total. The molecule has 1 aliphatic heterocycles. The molecule has 0 radical (unpaired) electrons. The molecule has 2 aliphatic rings. The van der Waals surface area contributed by atoms with Crippen LogP contribution >= 0.6 is 11.6 Å². The van der Waals surface area contributed by atoms with Crippen molar-refractivity contribution >= 4 is 21.4 Å². The lowest BCUT2D eigenvalue weighted by Crippen LogP contribution is -2.26. The number of hydrogen-bond acceptors (Lipinski definition) is 2. The molecule has 4 heteroatoms. The van der Waals surface area contributed by atoms with Gasteiger partial charge in [-0.25, -0.2) is 8.42 Å². The molecule has 2 atom stereocenters. The van der Waals surface area contributed by atoms with Gasteiger partial charge >= 0.3 is 0 Å². The minimum absolute atomic E-state index is 0.0731. The normalized spacial score (nSPS) is 34.7. The Labute approximate surface area is 101 Å². The van der Waals surface area contributed by atoms with Crippen molar-refractivity contribution in [3.8, 4) is 0 Å². The average molecular weight is 257 g/mol. The molecule has 1 spiro atoms. The van der Waals surface area contributed by atoms with Crippen molar-refractivity contribution in [3.63, 3.8) is 0 Å². The van der Waals surface area contributed by atoms with Crippen LogP contribution in [0.4, 0.5) is 0 Å². The third-order valence-corrected chi connectivity index (χ3v) is 6.13. The summed E-state index contributed by atoms with van der Waals surface area (Å²) in [7, 11) is -3.05. The van der Waals surface area contributed by atoms with E-state index in [1.807, 2.05) is 12.1 Å². The number of sulfone groups is 1. The van der Waals surface area contributed by atoms with Gasteiger partial charge in [0, 0.05) is 11.3 Å². The van der Waals surface area contributed by atoms with Crippen molar-refractivity contribution in [3.05, 3.63) is 29.8 Å². The second kappa shape index (κ2) is 3.23. The van der Waals surface area contributed by atoms with Crippen molar-refractivity contribution in [1.29, 1.82) is 0 Å². The van der Waals surface area contributed by atoms with Crippen molar-refractivity contribution < 1.29 is 8.42 Å². The first-order chi connectivity index (χ1) is 7.60. The fourth-order valence-electron chi connectivity index (χ4n) is 2.93. The average Bonchev–Trinajstić information content (AvgIpc) is 3.00. The Balaban J connectivity index is 2.18. The third-order valence-electron chi connectivity index (χ3n) is 3.99. The van der Waals surface area contributed by atoms with E-state index in [2.05, 4.69) is 0 Å². The van der Waals surface area contributed by atoms with Crippen LogP contribution in [0.3, 0.4) is 0 Å². The van der Waals surface area contributed by atoms with Gasteiger partial charge in [0.05, 0.1) is 10.6 Å². The minimum Gasteiger partial charge on any atom is -0.224 e. The van der Waals surface area contributed by atoms with Crippen LogP contribution in [0.1, 0.15) is 18.4 Å². The second-order valence-corrected chi connectivity index (χ2v) is 7.16. The third kappa shape index (κ3) is 1.28. The van der Waals surface area contributed by atoms with Crippen LogP contribution in [-0.4, -0.2) is 20.1 Å². The van der Waals surface area contributed by atoms with Gasteiger partial charge in [0.2, 0.25) is 0 Å². The van der Waals surface area contributed by atoms with Crippen LogP contribution in [0.2, 0.25) is 0 Å². The van der Waals surface area contributed by atoms with Crippen molar-refractivity contribution in [2.24, 2.45) is 5.92 Å². The van der Waals surface area contributed by atoms with Crippen LogP contribution < -0.4 is 0 Å². The Morgan fingerprint density at radius 2 is 2.12 bits per heavy atom. The van der Waals surface area contributed by atoms with Gasteiger partial charge in [-0.05, 0) is 30.4 Å². The lowest BCUT2D eigenvalue weighted by atomic mass is 9.90. The maximum atomic E-state index is 12.0. The molecule has 1 heterocycles. The molecule has 3 rings (SSSR count). The van der Waals surface area contributed by atoms with E-state index in [9.17, 15) is 8.42 Å². The largest absolute Gasteiger partial charge is 0.224 e. The summed E-state index contributed by atoms with van der Waals surface area (Å²) in [4.78, 5) is 0.536. The van der Waals surface area contributed by atoms with E-state index in [-0.39, 0.29) is 11.2 Å². The molecule has 1 saturated carbocycles. The summed E-state index contributed by atoms with van der Waals surface area (Å²) < 4.78 is 23.9. The van der Waals surface area contributed by atoms with Gasteiger partial charge in [0.25, 0.3) is 0 Å². The Morgan fingerprint density at radius 1 is 1.38 bits per heavy atom. The molecule has 2 unspecified atom stereocenters. The summed E-state index contributed by atoms with van der Waals surface area (Å²) in [5.74, 6) is 1.37. The first kappa shape index (κ1) is 10.6. The predicted octanol–water partition coefficient (Wildman–Crippen LogP) is 2.36. The fourth-order valence-corrected chi connectivity index (χ4v) is 5.08. The summed E-state index contributed by atoms with van der Waals surface area (Å²) in [6, 6.07) is 7.41. The van der Waals surface area contributed by atoms with E-state index in [0.717, 1.165) is 18.4 Å². The lowest BCUT2D eigenvalue weighted by molar-refractivity contribution is 0.541. The van der Waals surface area contributed by atoms with Gasteiger partial charge < -0.3 is 0 Å². The fraction of sp³-hybridized carbons (Fsp3) is 0.500. The Kier molecular flexibility index (Phi) is 2.14. The number of alkyl halides is 1. The van der Waals surface area contributed by atoms with E-state index in [1.54, 1.807) is 12.1 Å². The molecule has 1 aromatic carbocycles. The van der Waals surface area contributed by atoms with E-state index >= 15 is 0 Å². The zero-order valence-electron chi connectivity index (χ0n) is 8.82. The summed E-state index contributed by atoms with van der Waals surface area (Å²) in [6.07, 6.45) is 1.78. The highest BCUT2D eigenvalue weighted by molar-refractivity contribution is 7.91. The number of halogens is 1. The quantitative estimate of drug-likeness (QED) is 0.723. The Bertz CT molecular complexity index is 538. The Morgan fingerprint density at radius 3 is 2.81 bits per heavy atom. The molecule has 0 amide bonds. The van der Waals surface area contributed by atoms with E-state index < -0.39 is 9.84 Å². The highest BCUT2D eigenvalue weighted by Crippen LogP contribution is 2.60. The molecule has 86 valence electrons. The van der Waals surface area contributed by atoms with Crippen LogP contribution in [0, 0.1) is 5.92 Å². The van der Waals surface area contributed by atoms with Crippen LogP contribution in [0.15, 0.2) is 29.2 Å². The summed E-state index contributed by atoms with van der Waals surface area (Å²) >= 11 is 5.91. The molecule has 0 bridgehead atoms. The van der Waals surface area contributed by atoms with Crippen molar-refractivity contribution in [2.75, 3.05) is 11.6 Å². The zero-order chi connectivity index (χ0) is 11.4. The van der Waals surface area contributed by atoms with Crippen molar-refractivity contribution in [1.82, 2.24) is 0 Å². The van der Waals surface area contributed by atoms with E-state index in [0.29, 0.717) is 16.7 Å². The zero-order valence-corrected chi connectivity index (χ0v) is 10.4. The first-order valence-electron chi connectivity index (χ1n) is 5.48. The topological polar surface area (TPSA) is 34.1 Å². The lowest BCUT2D eigenvalue weighted by Gasteiger charge is -2.26. The number of benzene rings is 1. The molecule has 1 fully saturated rings. The number of hydrogen-bond donors (Lipinski definition) is 0. The smallest absolute Gasteiger partial charge is 0.178 e. The molecule has 1 aliphatic carbocycles. The first-order valence-corrected chi connectivity index (χ1v) is 7.67. The van der Waals surface area contributed by atoms with E-state index in [4.69, 9.17) is 11.6 Å². The van der Waals surface area contributed by atoms with Gasteiger partial charge in [-0.1, -0.05) is 18.2 Å². The predicted molar refractivity (Wildman–Crippen MR) is 63.6 cm³/mol. The van der Waals surface area contributed by atoms with Crippen LogP contribution in [0.25, 0.3) is 0 Å². The highest BCUT2D eigenvalue weighted by atomic mass is 35.5. The molecule has 1 aromatic rings. The van der Waals surface area contributed by atoms with Gasteiger partial charge in [0.15, 0.2) is 9.84 Å². The maximum Gasteiger partial charge on any atom is 0.178 e. The maximum absolute atomic E-state index is 12.0. The number of fused-ring (bicyclic) bond motifs is 2. The van der Waals surface area contributed by atoms with Gasteiger partial charge in [-0.2, -0.15) is 0 Å². The molecule has 0 saturated heterocycles. The standard InChI is InChI=1S/C12H13ClO2S/c13-8-9-7-12(9)5-6-16(14,15)11-4-2-1-3-10(11)12/h1-4,9H,5-8H2. The van der Waals surface area contributed by atoms with Crippen molar-refractivity contribution in [2.45, 2.75) is 23.2 Å². The SMILES string of the molecule is O=S1(=O)CCC2(CC2CCl)c2ccccc21. The summed E-state index contributed by atoms with van der Waals surface area (Å²) in [5, 5.41) is 0.